The van der Waals surface area contributed by atoms with E-state index in [2.05, 4.69) is 10.2 Å². The number of carbonyl (C=O) groups is 1. The number of rotatable bonds is 9. The van der Waals surface area contributed by atoms with Gasteiger partial charge >= 0.3 is 0 Å². The summed E-state index contributed by atoms with van der Waals surface area (Å²) in [5, 5.41) is 3.52. The second kappa shape index (κ2) is 10.1. The highest BCUT2D eigenvalue weighted by molar-refractivity contribution is 5.77. The fourth-order valence-electron chi connectivity index (χ4n) is 2.43. The van der Waals surface area contributed by atoms with Gasteiger partial charge in [-0.3, -0.25) is 9.69 Å². The number of likely N-dealkylation sites (N-methyl/N-ethyl adjacent to an activating group) is 1. The zero-order valence-corrected chi connectivity index (χ0v) is 13.9. The summed E-state index contributed by atoms with van der Waals surface area (Å²) >= 11 is 0. The van der Waals surface area contributed by atoms with Gasteiger partial charge in [0.2, 0.25) is 5.91 Å². The molecule has 1 saturated heterocycles. The second-order valence-electron chi connectivity index (χ2n) is 5.59. The minimum Gasteiger partial charge on any atom is -0.352 e. The minimum absolute atomic E-state index is 0.159. The molecule has 124 valence electrons. The maximum Gasteiger partial charge on any atom is 0.236 e. The Hall–Kier alpha value is -0.690. The molecular formula is C15H31N3O3. The molecule has 0 aliphatic carbocycles. The van der Waals surface area contributed by atoms with Crippen molar-refractivity contribution in [1.29, 1.82) is 0 Å². The predicted octanol–water partition coefficient (Wildman–Crippen LogP) is 0.528. The van der Waals surface area contributed by atoms with E-state index in [0.29, 0.717) is 25.8 Å². The highest BCUT2D eigenvalue weighted by Crippen LogP contribution is 2.10. The maximum atomic E-state index is 11.7. The molecule has 0 aromatic rings. The highest BCUT2D eigenvalue weighted by Gasteiger charge is 2.22. The van der Waals surface area contributed by atoms with E-state index in [4.69, 9.17) is 9.47 Å². The van der Waals surface area contributed by atoms with Crippen LogP contribution in [0.15, 0.2) is 0 Å². The summed E-state index contributed by atoms with van der Waals surface area (Å²) in [5.74, 6) is 0.175. The van der Waals surface area contributed by atoms with Crippen LogP contribution < -0.4 is 5.32 Å². The largest absolute Gasteiger partial charge is 0.352 e. The van der Waals surface area contributed by atoms with Crippen molar-refractivity contribution in [2.75, 3.05) is 53.5 Å². The number of ether oxygens (including phenoxy) is 2. The van der Waals surface area contributed by atoms with E-state index in [1.165, 1.54) is 0 Å². The van der Waals surface area contributed by atoms with Gasteiger partial charge in [-0.2, -0.15) is 0 Å². The summed E-state index contributed by atoms with van der Waals surface area (Å²) in [7, 11) is 3.61. The standard InChI is InChI=1S/C15H31N3O3/c1-5-20-15(21-6-2)11-16-13-7-9-18(10-8-13)12-14(19)17(3)4/h13,15-16H,5-12H2,1-4H3. The van der Waals surface area contributed by atoms with E-state index >= 15 is 0 Å². The lowest BCUT2D eigenvalue weighted by molar-refractivity contribution is -0.134. The van der Waals surface area contributed by atoms with Crippen LogP contribution >= 0.6 is 0 Å². The number of nitrogens with one attached hydrogen (secondary N) is 1. The molecule has 0 aromatic heterocycles. The van der Waals surface area contributed by atoms with Gasteiger partial charge in [-0.1, -0.05) is 0 Å². The van der Waals surface area contributed by atoms with Crippen LogP contribution in [0, 0.1) is 0 Å². The number of amides is 1. The molecule has 1 amide bonds. The molecule has 1 N–H and O–H groups in total. The highest BCUT2D eigenvalue weighted by atomic mass is 16.7. The lowest BCUT2D eigenvalue weighted by Crippen LogP contribution is -2.47. The van der Waals surface area contributed by atoms with Gasteiger partial charge in [-0.25, -0.2) is 0 Å². The topological polar surface area (TPSA) is 54.0 Å². The van der Waals surface area contributed by atoms with Crippen LogP contribution in [0.25, 0.3) is 0 Å². The zero-order chi connectivity index (χ0) is 15.7. The smallest absolute Gasteiger partial charge is 0.236 e. The quantitative estimate of drug-likeness (QED) is 0.630. The van der Waals surface area contributed by atoms with E-state index in [1.807, 2.05) is 13.8 Å². The Balaban J connectivity index is 2.22. The molecule has 0 bridgehead atoms. The molecule has 1 rings (SSSR count). The van der Waals surface area contributed by atoms with Gasteiger partial charge in [0.25, 0.3) is 0 Å². The Bertz CT molecular complexity index is 286. The molecule has 0 unspecified atom stereocenters. The van der Waals surface area contributed by atoms with Crippen LogP contribution in [0.4, 0.5) is 0 Å². The van der Waals surface area contributed by atoms with Crippen molar-refractivity contribution in [2.45, 2.75) is 39.0 Å². The van der Waals surface area contributed by atoms with Gasteiger partial charge in [0.15, 0.2) is 6.29 Å². The molecule has 1 aliphatic rings. The number of nitrogens with zero attached hydrogens (tertiary/aromatic N) is 2. The minimum atomic E-state index is -0.159. The first kappa shape index (κ1) is 18.4. The molecule has 21 heavy (non-hydrogen) atoms. The Kier molecular flexibility index (Phi) is 8.84. The van der Waals surface area contributed by atoms with Crippen molar-refractivity contribution in [3.63, 3.8) is 0 Å². The van der Waals surface area contributed by atoms with E-state index in [0.717, 1.165) is 32.5 Å². The summed E-state index contributed by atoms with van der Waals surface area (Å²) in [6.07, 6.45) is 1.96. The van der Waals surface area contributed by atoms with Crippen molar-refractivity contribution >= 4 is 5.91 Å². The monoisotopic (exact) mass is 301 g/mol. The third-order valence-corrected chi connectivity index (χ3v) is 3.72. The lowest BCUT2D eigenvalue weighted by Gasteiger charge is -2.33. The van der Waals surface area contributed by atoms with Crippen molar-refractivity contribution in [3.8, 4) is 0 Å². The first-order valence-electron chi connectivity index (χ1n) is 7.95. The van der Waals surface area contributed by atoms with Gasteiger partial charge in [0, 0.05) is 53.0 Å². The number of likely N-dealkylation sites (tertiary alicyclic amines) is 1. The van der Waals surface area contributed by atoms with E-state index in [-0.39, 0.29) is 12.2 Å². The van der Waals surface area contributed by atoms with Crippen molar-refractivity contribution in [1.82, 2.24) is 15.1 Å². The van der Waals surface area contributed by atoms with Crippen molar-refractivity contribution in [3.05, 3.63) is 0 Å². The van der Waals surface area contributed by atoms with Crippen molar-refractivity contribution in [2.24, 2.45) is 0 Å². The van der Waals surface area contributed by atoms with Crippen LogP contribution in [0.3, 0.4) is 0 Å². The molecular weight excluding hydrogens is 270 g/mol. The summed E-state index contributed by atoms with van der Waals surface area (Å²) in [5.41, 5.74) is 0. The third-order valence-electron chi connectivity index (χ3n) is 3.72. The Morgan fingerprint density at radius 2 is 1.81 bits per heavy atom. The van der Waals surface area contributed by atoms with Crippen LogP contribution in [-0.2, 0) is 14.3 Å². The average Bonchev–Trinajstić information content (AvgIpc) is 2.46. The third kappa shape index (κ3) is 7.22. The summed E-state index contributed by atoms with van der Waals surface area (Å²) < 4.78 is 11.1. The summed E-state index contributed by atoms with van der Waals surface area (Å²) in [4.78, 5) is 15.6. The SMILES string of the molecule is CCOC(CNC1CCN(CC(=O)N(C)C)CC1)OCC. The van der Waals surface area contributed by atoms with Crippen LogP contribution in [0.5, 0.6) is 0 Å². The fraction of sp³-hybridized carbons (Fsp3) is 0.933. The molecule has 1 aliphatic heterocycles. The summed E-state index contributed by atoms with van der Waals surface area (Å²) in [6, 6.07) is 0.485. The Labute approximate surface area is 128 Å². The average molecular weight is 301 g/mol. The number of hydrogen-bond donors (Lipinski definition) is 1. The molecule has 6 heteroatoms. The zero-order valence-electron chi connectivity index (χ0n) is 13.9. The van der Waals surface area contributed by atoms with Gasteiger partial charge in [-0.15, -0.1) is 0 Å². The lowest BCUT2D eigenvalue weighted by atomic mass is 10.1. The second-order valence-corrected chi connectivity index (χ2v) is 5.59. The molecule has 0 spiro atoms. The number of hydrogen-bond acceptors (Lipinski definition) is 5. The van der Waals surface area contributed by atoms with Gasteiger partial charge < -0.3 is 19.7 Å². The van der Waals surface area contributed by atoms with Crippen LogP contribution in [0.1, 0.15) is 26.7 Å². The van der Waals surface area contributed by atoms with Crippen LogP contribution in [0.2, 0.25) is 0 Å². The fourth-order valence-corrected chi connectivity index (χ4v) is 2.43. The van der Waals surface area contributed by atoms with Gasteiger partial charge in [0.05, 0.1) is 6.54 Å². The van der Waals surface area contributed by atoms with Gasteiger partial charge in [-0.05, 0) is 26.7 Å². The molecule has 0 radical (unpaired) electrons. The molecule has 1 heterocycles. The van der Waals surface area contributed by atoms with E-state index in [1.54, 1.807) is 19.0 Å². The Morgan fingerprint density at radius 3 is 2.29 bits per heavy atom. The first-order valence-corrected chi connectivity index (χ1v) is 7.95. The van der Waals surface area contributed by atoms with E-state index in [9.17, 15) is 4.79 Å². The summed E-state index contributed by atoms with van der Waals surface area (Å²) in [6.45, 7) is 8.47. The van der Waals surface area contributed by atoms with Crippen LogP contribution in [-0.4, -0.2) is 81.5 Å². The maximum absolute atomic E-state index is 11.7. The number of carbonyl (C=O) groups excluding carboxylic acids is 1. The normalized spacial score (nSPS) is 17.4. The molecule has 6 nitrogen and oxygen atoms in total. The predicted molar refractivity (Wildman–Crippen MR) is 83.2 cm³/mol. The molecule has 0 atom stereocenters. The van der Waals surface area contributed by atoms with E-state index < -0.39 is 0 Å². The molecule has 1 fully saturated rings. The first-order chi connectivity index (χ1) is 10.1. The van der Waals surface area contributed by atoms with Gasteiger partial charge in [0.1, 0.15) is 0 Å². The van der Waals surface area contributed by atoms with Crippen molar-refractivity contribution < 1.29 is 14.3 Å². The molecule has 0 aromatic carbocycles. The Morgan fingerprint density at radius 1 is 1.24 bits per heavy atom. The molecule has 0 saturated carbocycles. The number of piperidine rings is 1.